The van der Waals surface area contributed by atoms with Crippen molar-refractivity contribution in [3.05, 3.63) is 23.8 Å². The number of carbonyl (C=O) groups is 1. The monoisotopic (exact) mass is 334 g/mol. The van der Waals surface area contributed by atoms with Crippen molar-refractivity contribution in [1.82, 2.24) is 0 Å². The summed E-state index contributed by atoms with van der Waals surface area (Å²) in [5.74, 6) is -0.347. The molecule has 0 bridgehead atoms. The van der Waals surface area contributed by atoms with E-state index in [0.717, 1.165) is 12.5 Å². The zero-order chi connectivity index (χ0) is 15.5. The number of hydrogen-bond donors (Lipinski definition) is 0. The van der Waals surface area contributed by atoms with Crippen molar-refractivity contribution in [2.45, 2.75) is 11.3 Å². The zero-order valence-electron chi connectivity index (χ0n) is 11.4. The lowest BCUT2D eigenvalue weighted by Crippen LogP contribution is -2.14. The predicted octanol–water partition coefficient (Wildman–Crippen LogP) is 1.82. The van der Waals surface area contributed by atoms with Gasteiger partial charge in [-0.2, -0.15) is 0 Å². The number of ether oxygens (including phenoxy) is 3. The third-order valence-electron chi connectivity index (χ3n) is 3.14. The van der Waals surface area contributed by atoms with Gasteiger partial charge in [0.05, 0.1) is 25.9 Å². The summed E-state index contributed by atoms with van der Waals surface area (Å²) >= 11 is 0. The molecule has 1 saturated heterocycles. The number of halogens is 1. The highest BCUT2D eigenvalue weighted by atomic mass is 35.7. The van der Waals surface area contributed by atoms with Crippen molar-refractivity contribution >= 4 is 25.7 Å². The van der Waals surface area contributed by atoms with Gasteiger partial charge in [-0.1, -0.05) is 0 Å². The van der Waals surface area contributed by atoms with Gasteiger partial charge in [0.1, 0.15) is 10.6 Å². The average molecular weight is 335 g/mol. The van der Waals surface area contributed by atoms with E-state index in [-0.39, 0.29) is 28.7 Å². The first-order valence-corrected chi connectivity index (χ1v) is 8.60. The Morgan fingerprint density at radius 3 is 2.81 bits per heavy atom. The van der Waals surface area contributed by atoms with E-state index >= 15 is 0 Å². The number of carbonyl (C=O) groups excluding carboxylic acids is 1. The van der Waals surface area contributed by atoms with Crippen LogP contribution >= 0.6 is 10.7 Å². The van der Waals surface area contributed by atoms with Gasteiger partial charge in [0, 0.05) is 23.2 Å². The molecule has 8 heteroatoms. The molecule has 1 aromatic rings. The lowest BCUT2D eigenvalue weighted by molar-refractivity contribution is 0.0428. The Hall–Kier alpha value is -1.31. The first-order chi connectivity index (χ1) is 9.91. The SMILES string of the molecule is COc1ccc(C(=O)OCC2CCOC2)cc1S(=O)(=O)Cl. The second-order valence-electron chi connectivity index (χ2n) is 4.63. The number of rotatable bonds is 5. The van der Waals surface area contributed by atoms with Gasteiger partial charge in [-0.3, -0.25) is 0 Å². The molecule has 6 nitrogen and oxygen atoms in total. The molecule has 21 heavy (non-hydrogen) atoms. The Morgan fingerprint density at radius 1 is 1.48 bits per heavy atom. The fraction of sp³-hybridized carbons (Fsp3) is 0.462. The number of esters is 1. The third-order valence-corrected chi connectivity index (χ3v) is 4.48. The fourth-order valence-corrected chi connectivity index (χ4v) is 3.01. The van der Waals surface area contributed by atoms with Gasteiger partial charge in [0.2, 0.25) is 0 Å². The normalized spacial score (nSPS) is 18.5. The molecule has 0 radical (unpaired) electrons. The highest BCUT2D eigenvalue weighted by Gasteiger charge is 2.22. The molecule has 0 spiro atoms. The fourth-order valence-electron chi connectivity index (χ4n) is 1.99. The van der Waals surface area contributed by atoms with E-state index in [9.17, 15) is 13.2 Å². The van der Waals surface area contributed by atoms with Crippen LogP contribution in [-0.2, 0) is 18.5 Å². The molecule has 0 aromatic heterocycles. The van der Waals surface area contributed by atoms with Gasteiger partial charge in [0.15, 0.2) is 0 Å². The van der Waals surface area contributed by atoms with E-state index in [0.29, 0.717) is 13.2 Å². The minimum absolute atomic E-state index is 0.0748. The van der Waals surface area contributed by atoms with Crippen LogP contribution in [-0.4, -0.2) is 41.3 Å². The summed E-state index contributed by atoms with van der Waals surface area (Å²) in [5, 5.41) is 0. The van der Waals surface area contributed by atoms with Gasteiger partial charge in [-0.15, -0.1) is 0 Å². The molecule has 0 N–H and O–H groups in total. The quantitative estimate of drug-likeness (QED) is 0.603. The second-order valence-corrected chi connectivity index (χ2v) is 7.17. The molecule has 116 valence electrons. The van der Waals surface area contributed by atoms with Crippen molar-refractivity contribution in [3.63, 3.8) is 0 Å². The summed E-state index contributed by atoms with van der Waals surface area (Å²) in [6.45, 7) is 1.48. The highest BCUT2D eigenvalue weighted by Crippen LogP contribution is 2.28. The Balaban J connectivity index is 2.13. The Morgan fingerprint density at radius 2 is 2.24 bits per heavy atom. The van der Waals surface area contributed by atoms with Crippen molar-refractivity contribution in [2.75, 3.05) is 26.9 Å². The predicted molar refractivity (Wildman–Crippen MR) is 75.2 cm³/mol. The topological polar surface area (TPSA) is 78.9 Å². The van der Waals surface area contributed by atoms with Gasteiger partial charge < -0.3 is 14.2 Å². The molecule has 1 aromatic carbocycles. The lowest BCUT2D eigenvalue weighted by atomic mass is 10.1. The maximum atomic E-state index is 11.9. The van der Waals surface area contributed by atoms with Crippen LogP contribution in [0.4, 0.5) is 0 Å². The van der Waals surface area contributed by atoms with E-state index in [1.165, 1.54) is 19.2 Å². The van der Waals surface area contributed by atoms with E-state index < -0.39 is 15.0 Å². The maximum absolute atomic E-state index is 11.9. The summed E-state index contributed by atoms with van der Waals surface area (Å²) in [4.78, 5) is 11.7. The second kappa shape index (κ2) is 6.64. The van der Waals surface area contributed by atoms with Crippen LogP contribution in [0.25, 0.3) is 0 Å². The molecule has 1 aliphatic heterocycles. The van der Waals surface area contributed by atoms with E-state index in [1.54, 1.807) is 0 Å². The van der Waals surface area contributed by atoms with E-state index in [2.05, 4.69) is 0 Å². The van der Waals surface area contributed by atoms with E-state index in [4.69, 9.17) is 24.9 Å². The van der Waals surface area contributed by atoms with Gasteiger partial charge in [0.25, 0.3) is 9.05 Å². The third kappa shape index (κ3) is 4.09. The molecule has 2 rings (SSSR count). The van der Waals surface area contributed by atoms with Crippen LogP contribution in [0.15, 0.2) is 23.1 Å². The molecular formula is C13H15ClO6S. The van der Waals surface area contributed by atoms with Crippen molar-refractivity contribution < 1.29 is 27.4 Å². The van der Waals surface area contributed by atoms with Crippen LogP contribution in [0.2, 0.25) is 0 Å². The molecule has 1 atom stereocenters. The molecule has 1 fully saturated rings. The molecule has 1 aliphatic rings. The summed E-state index contributed by atoms with van der Waals surface area (Å²) < 4.78 is 38.2. The minimum atomic E-state index is -4.01. The standard InChI is InChI=1S/C13H15ClO6S/c1-18-11-3-2-10(6-12(11)21(14,16)17)13(15)20-8-9-4-5-19-7-9/h2-3,6,9H,4-5,7-8H2,1H3. The molecule has 0 aliphatic carbocycles. The van der Waals surface area contributed by atoms with Gasteiger partial charge >= 0.3 is 5.97 Å². The number of hydrogen-bond acceptors (Lipinski definition) is 6. The van der Waals surface area contributed by atoms with Crippen molar-refractivity contribution in [2.24, 2.45) is 5.92 Å². The van der Waals surface area contributed by atoms with Crippen LogP contribution in [0.3, 0.4) is 0 Å². The summed E-state index contributed by atoms with van der Waals surface area (Å²) in [6, 6.07) is 3.94. The highest BCUT2D eigenvalue weighted by molar-refractivity contribution is 8.13. The van der Waals surface area contributed by atoms with Crippen LogP contribution in [0.1, 0.15) is 16.8 Å². The Bertz CT molecular complexity index is 622. The molecule has 0 amide bonds. The largest absolute Gasteiger partial charge is 0.495 e. The first kappa shape index (κ1) is 16.1. The first-order valence-electron chi connectivity index (χ1n) is 6.29. The maximum Gasteiger partial charge on any atom is 0.338 e. The Kier molecular flexibility index (Phi) is 5.08. The zero-order valence-corrected chi connectivity index (χ0v) is 12.9. The molecule has 0 saturated carbocycles. The van der Waals surface area contributed by atoms with Gasteiger partial charge in [-0.05, 0) is 24.6 Å². The Labute approximate surface area is 127 Å². The van der Waals surface area contributed by atoms with Crippen LogP contribution < -0.4 is 4.74 Å². The van der Waals surface area contributed by atoms with Crippen molar-refractivity contribution in [1.29, 1.82) is 0 Å². The lowest BCUT2D eigenvalue weighted by Gasteiger charge is -2.10. The molecular weight excluding hydrogens is 320 g/mol. The summed E-state index contributed by atoms with van der Waals surface area (Å²) in [6.07, 6.45) is 0.844. The smallest absolute Gasteiger partial charge is 0.338 e. The van der Waals surface area contributed by atoms with Crippen molar-refractivity contribution in [3.8, 4) is 5.75 Å². The molecule has 1 unspecified atom stereocenters. The van der Waals surface area contributed by atoms with E-state index in [1.807, 2.05) is 0 Å². The summed E-state index contributed by atoms with van der Waals surface area (Å²) in [7, 11) is 2.63. The molecule has 1 heterocycles. The number of benzene rings is 1. The summed E-state index contributed by atoms with van der Waals surface area (Å²) in [5.41, 5.74) is 0.106. The van der Waals surface area contributed by atoms with Crippen LogP contribution in [0, 0.1) is 5.92 Å². The average Bonchev–Trinajstić information content (AvgIpc) is 2.96. The minimum Gasteiger partial charge on any atom is -0.495 e. The van der Waals surface area contributed by atoms with Crippen LogP contribution in [0.5, 0.6) is 5.75 Å². The number of methoxy groups -OCH3 is 1. The van der Waals surface area contributed by atoms with Gasteiger partial charge in [-0.25, -0.2) is 13.2 Å².